The molecule has 4 rings (SSSR count). The van der Waals surface area contributed by atoms with E-state index >= 15 is 0 Å². The monoisotopic (exact) mass is 497 g/mol. The third-order valence-corrected chi connectivity index (χ3v) is 6.19. The Bertz CT molecular complexity index is 1110. The maximum Gasteiger partial charge on any atom is 0.256 e. The lowest BCUT2D eigenvalue weighted by molar-refractivity contribution is 0.0748. The summed E-state index contributed by atoms with van der Waals surface area (Å²) in [5.41, 5.74) is 2.56. The van der Waals surface area contributed by atoms with Gasteiger partial charge in [0, 0.05) is 41.4 Å². The van der Waals surface area contributed by atoms with E-state index in [-0.39, 0.29) is 11.8 Å². The van der Waals surface area contributed by atoms with Crippen LogP contribution in [0.4, 0.5) is 11.4 Å². The predicted octanol–water partition coefficient (Wildman–Crippen LogP) is 5.32. The minimum Gasteiger partial charge on any atom is -0.368 e. The van der Waals surface area contributed by atoms with Crippen molar-refractivity contribution in [2.75, 3.05) is 36.4 Å². The molecule has 0 spiro atoms. The maximum atomic E-state index is 13.2. The van der Waals surface area contributed by atoms with Gasteiger partial charge in [-0.05, 0) is 58.4 Å². The average molecular weight is 499 g/mol. The van der Waals surface area contributed by atoms with Crippen molar-refractivity contribution in [3.63, 3.8) is 0 Å². The summed E-state index contributed by atoms with van der Waals surface area (Å²) in [6.07, 6.45) is 0. The number of nitrogens with one attached hydrogen (secondary N) is 1. The second-order valence-corrected chi connectivity index (χ2v) is 8.53. The van der Waals surface area contributed by atoms with Crippen molar-refractivity contribution in [1.29, 1.82) is 0 Å². The largest absolute Gasteiger partial charge is 0.368 e. The highest BCUT2D eigenvalue weighted by Gasteiger charge is 2.24. The van der Waals surface area contributed by atoms with E-state index in [9.17, 15) is 9.59 Å². The molecule has 2 amide bonds. The molecule has 0 radical (unpaired) electrons. The Kier molecular flexibility index (Phi) is 6.59. The molecule has 1 aliphatic heterocycles. The van der Waals surface area contributed by atoms with Gasteiger partial charge >= 0.3 is 0 Å². The van der Waals surface area contributed by atoms with Crippen LogP contribution in [0.3, 0.4) is 0 Å². The average Bonchev–Trinajstić information content (AvgIpc) is 2.79. The summed E-state index contributed by atoms with van der Waals surface area (Å²) >= 11 is 9.51. The van der Waals surface area contributed by atoms with Crippen LogP contribution in [0.2, 0.25) is 5.02 Å². The van der Waals surface area contributed by atoms with Crippen molar-refractivity contribution >= 4 is 50.7 Å². The molecule has 0 aliphatic carbocycles. The predicted molar refractivity (Wildman–Crippen MR) is 128 cm³/mol. The van der Waals surface area contributed by atoms with Crippen molar-refractivity contribution in [2.45, 2.75) is 0 Å². The number of halogens is 2. The second-order valence-electron chi connectivity index (χ2n) is 7.24. The molecule has 0 bridgehead atoms. The Labute approximate surface area is 194 Å². The Morgan fingerprint density at radius 1 is 0.839 bits per heavy atom. The highest BCUT2D eigenvalue weighted by molar-refractivity contribution is 9.10. The van der Waals surface area contributed by atoms with Gasteiger partial charge in [0.05, 0.1) is 16.8 Å². The molecule has 158 valence electrons. The Balaban J connectivity index is 1.46. The van der Waals surface area contributed by atoms with Crippen LogP contribution in [0.25, 0.3) is 0 Å². The summed E-state index contributed by atoms with van der Waals surface area (Å²) < 4.78 is 0.702. The van der Waals surface area contributed by atoms with E-state index in [2.05, 4.69) is 26.1 Å². The SMILES string of the molecule is O=C(Nc1ccccc1C(=O)N1CCN(c2cccc(Cl)c2)CC1)c1ccccc1Br. The summed E-state index contributed by atoms with van der Waals surface area (Å²) in [6, 6.07) is 22.1. The van der Waals surface area contributed by atoms with Crippen molar-refractivity contribution < 1.29 is 9.59 Å². The van der Waals surface area contributed by atoms with E-state index in [0.29, 0.717) is 39.4 Å². The van der Waals surface area contributed by atoms with E-state index in [4.69, 9.17) is 11.6 Å². The molecule has 1 N–H and O–H groups in total. The summed E-state index contributed by atoms with van der Waals surface area (Å²) in [4.78, 5) is 30.0. The molecule has 1 aliphatic rings. The van der Waals surface area contributed by atoms with Crippen LogP contribution in [-0.4, -0.2) is 42.9 Å². The number of carbonyl (C=O) groups excluding carboxylic acids is 2. The van der Waals surface area contributed by atoms with E-state index in [1.165, 1.54) is 0 Å². The van der Waals surface area contributed by atoms with E-state index in [0.717, 1.165) is 18.8 Å². The van der Waals surface area contributed by atoms with Crippen LogP contribution in [-0.2, 0) is 0 Å². The molecule has 1 heterocycles. The standard InChI is InChI=1S/C24H21BrClN3O2/c25-21-10-3-1-8-19(21)23(30)27-22-11-4-2-9-20(22)24(31)29-14-12-28(13-15-29)18-7-5-6-17(26)16-18/h1-11,16H,12-15H2,(H,27,30). The molecule has 31 heavy (non-hydrogen) atoms. The number of rotatable bonds is 4. The third-order valence-electron chi connectivity index (χ3n) is 5.26. The first-order chi connectivity index (χ1) is 15.0. The first kappa shape index (κ1) is 21.4. The minimum absolute atomic E-state index is 0.0891. The molecule has 3 aromatic carbocycles. The van der Waals surface area contributed by atoms with Gasteiger partial charge in [0.25, 0.3) is 11.8 Å². The first-order valence-corrected chi connectivity index (χ1v) is 11.1. The number of carbonyl (C=O) groups is 2. The topological polar surface area (TPSA) is 52.7 Å². The van der Waals surface area contributed by atoms with Gasteiger partial charge in [0.1, 0.15) is 0 Å². The molecule has 7 heteroatoms. The van der Waals surface area contributed by atoms with Gasteiger partial charge in [-0.15, -0.1) is 0 Å². The number of hydrogen-bond donors (Lipinski definition) is 1. The van der Waals surface area contributed by atoms with Gasteiger partial charge in [-0.25, -0.2) is 0 Å². The van der Waals surface area contributed by atoms with Gasteiger partial charge in [0.15, 0.2) is 0 Å². The number of nitrogens with zero attached hydrogens (tertiary/aromatic N) is 2. The van der Waals surface area contributed by atoms with Gasteiger partial charge in [-0.2, -0.15) is 0 Å². The summed E-state index contributed by atoms with van der Waals surface area (Å²) in [6.45, 7) is 2.63. The third kappa shape index (κ3) is 4.92. The number of piperazine rings is 1. The summed E-state index contributed by atoms with van der Waals surface area (Å²) in [5, 5.41) is 3.59. The minimum atomic E-state index is -0.265. The van der Waals surface area contributed by atoms with Crippen LogP contribution in [0.15, 0.2) is 77.3 Å². The Morgan fingerprint density at radius 2 is 1.52 bits per heavy atom. The maximum absolute atomic E-state index is 13.2. The normalized spacial score (nSPS) is 13.7. The lowest BCUT2D eigenvalue weighted by atomic mass is 10.1. The molecule has 5 nitrogen and oxygen atoms in total. The van der Waals surface area contributed by atoms with Crippen molar-refractivity contribution in [3.8, 4) is 0 Å². The molecular weight excluding hydrogens is 478 g/mol. The van der Waals surface area contributed by atoms with Crippen LogP contribution >= 0.6 is 27.5 Å². The van der Waals surface area contributed by atoms with Crippen LogP contribution in [0.5, 0.6) is 0 Å². The second kappa shape index (κ2) is 9.54. The lowest BCUT2D eigenvalue weighted by Gasteiger charge is -2.36. The van der Waals surface area contributed by atoms with E-state index in [1.54, 1.807) is 24.3 Å². The fourth-order valence-corrected chi connectivity index (χ4v) is 4.27. The fraction of sp³-hybridized carbons (Fsp3) is 0.167. The zero-order valence-electron chi connectivity index (χ0n) is 16.7. The number of amides is 2. The molecule has 0 saturated carbocycles. The molecular formula is C24H21BrClN3O2. The van der Waals surface area contributed by atoms with Crippen LogP contribution in [0.1, 0.15) is 20.7 Å². The van der Waals surface area contributed by atoms with Crippen molar-refractivity contribution in [2.24, 2.45) is 0 Å². The van der Waals surface area contributed by atoms with Gasteiger partial charge in [0.2, 0.25) is 0 Å². The van der Waals surface area contributed by atoms with Gasteiger partial charge < -0.3 is 15.1 Å². The lowest BCUT2D eigenvalue weighted by Crippen LogP contribution is -2.49. The van der Waals surface area contributed by atoms with Crippen LogP contribution in [0, 0.1) is 0 Å². The Morgan fingerprint density at radius 3 is 2.23 bits per heavy atom. The first-order valence-electron chi connectivity index (χ1n) is 9.97. The molecule has 0 unspecified atom stereocenters. The molecule has 0 atom stereocenters. The summed E-state index contributed by atoms with van der Waals surface area (Å²) in [7, 11) is 0. The van der Waals surface area contributed by atoms with Crippen molar-refractivity contribution in [1.82, 2.24) is 4.90 Å². The highest BCUT2D eigenvalue weighted by Crippen LogP contribution is 2.24. The Hall–Kier alpha value is -2.83. The van der Waals surface area contributed by atoms with E-state index in [1.807, 2.05) is 53.4 Å². The molecule has 3 aromatic rings. The quantitative estimate of drug-likeness (QED) is 0.530. The fourth-order valence-electron chi connectivity index (χ4n) is 3.62. The van der Waals surface area contributed by atoms with Crippen molar-refractivity contribution in [3.05, 3.63) is 93.4 Å². The highest BCUT2D eigenvalue weighted by atomic mass is 79.9. The number of para-hydroxylation sites is 1. The molecule has 0 aromatic heterocycles. The zero-order valence-corrected chi connectivity index (χ0v) is 19.1. The number of anilines is 2. The van der Waals surface area contributed by atoms with Gasteiger partial charge in [-0.3, -0.25) is 9.59 Å². The number of benzene rings is 3. The van der Waals surface area contributed by atoms with Crippen LogP contribution < -0.4 is 10.2 Å². The van der Waals surface area contributed by atoms with Gasteiger partial charge in [-0.1, -0.05) is 41.9 Å². The summed E-state index contributed by atoms with van der Waals surface area (Å²) in [5.74, 6) is -0.354. The smallest absolute Gasteiger partial charge is 0.256 e. The zero-order chi connectivity index (χ0) is 21.8. The molecule has 1 fully saturated rings. The number of hydrogen-bond acceptors (Lipinski definition) is 3. The van der Waals surface area contributed by atoms with E-state index < -0.39 is 0 Å². The molecule has 1 saturated heterocycles.